The van der Waals surface area contributed by atoms with Gasteiger partial charge in [0.15, 0.2) is 0 Å². The summed E-state index contributed by atoms with van der Waals surface area (Å²) in [4.78, 5) is 46.5. The molecule has 0 heterocycles. The van der Waals surface area contributed by atoms with Crippen molar-refractivity contribution in [3.63, 3.8) is 0 Å². The molecule has 0 aliphatic carbocycles. The Morgan fingerprint density at radius 2 is 1.92 bits per heavy atom. The number of carbonyl (C=O) groups is 4. The van der Waals surface area contributed by atoms with Gasteiger partial charge in [0.25, 0.3) is 5.91 Å². The van der Waals surface area contributed by atoms with E-state index in [0.717, 1.165) is 0 Å². The van der Waals surface area contributed by atoms with Crippen molar-refractivity contribution < 1.29 is 28.7 Å². The number of rotatable bonds is 8. The molecular formula is C17H22N2O6. The second-order valence-electron chi connectivity index (χ2n) is 5.44. The first-order valence-corrected chi connectivity index (χ1v) is 7.79. The van der Waals surface area contributed by atoms with E-state index in [2.05, 4.69) is 5.32 Å². The summed E-state index contributed by atoms with van der Waals surface area (Å²) >= 11 is 0. The number of ether oxygens (including phenoxy) is 2. The normalized spacial score (nSPS) is 12.6. The molecule has 0 bridgehead atoms. The fourth-order valence-corrected chi connectivity index (χ4v) is 2.09. The Morgan fingerprint density at radius 3 is 2.48 bits per heavy atom. The molecule has 3 N–H and O–H groups in total. The van der Waals surface area contributed by atoms with Crippen molar-refractivity contribution in [3.8, 4) is 5.75 Å². The summed E-state index contributed by atoms with van der Waals surface area (Å²) in [6, 6.07) is 4.88. The molecular weight excluding hydrogens is 328 g/mol. The van der Waals surface area contributed by atoms with Crippen LogP contribution in [0.3, 0.4) is 0 Å². The average Bonchev–Trinajstić information content (AvgIpc) is 2.53. The van der Waals surface area contributed by atoms with E-state index in [-0.39, 0.29) is 24.3 Å². The number of esters is 2. The summed E-state index contributed by atoms with van der Waals surface area (Å²) in [6.07, 6.45) is 0.0174. The second kappa shape index (κ2) is 9.41. The van der Waals surface area contributed by atoms with E-state index in [1.54, 1.807) is 13.8 Å². The van der Waals surface area contributed by atoms with Gasteiger partial charge in [0.05, 0.1) is 12.5 Å². The highest BCUT2D eigenvalue weighted by atomic mass is 16.5. The van der Waals surface area contributed by atoms with Crippen LogP contribution in [0.4, 0.5) is 0 Å². The summed E-state index contributed by atoms with van der Waals surface area (Å²) in [5.74, 6) is -2.73. The second-order valence-corrected chi connectivity index (χ2v) is 5.44. The van der Waals surface area contributed by atoms with Crippen LogP contribution in [0.2, 0.25) is 0 Å². The minimum atomic E-state index is -1.04. The number of primary amides is 1. The standard InChI is InChI=1S/C17H22N2O6/c1-4-24-17(23)10(2)8-14(15(18)21)19-16(22)12-6-5-7-13(9-12)25-11(3)20/h5-7,9-10,14H,4,8H2,1-3H3,(H2,18,21)(H,19,22)/t10-,14+/m0/s1. The van der Waals surface area contributed by atoms with Crippen LogP contribution in [0.1, 0.15) is 37.6 Å². The van der Waals surface area contributed by atoms with Crippen molar-refractivity contribution in [1.82, 2.24) is 5.32 Å². The maximum Gasteiger partial charge on any atom is 0.308 e. The quantitative estimate of drug-likeness (QED) is 0.527. The molecule has 0 radical (unpaired) electrons. The number of carbonyl (C=O) groups excluding carboxylic acids is 4. The lowest BCUT2D eigenvalue weighted by Crippen LogP contribution is -2.46. The molecule has 0 unspecified atom stereocenters. The lowest BCUT2D eigenvalue weighted by atomic mass is 10.0. The summed E-state index contributed by atoms with van der Waals surface area (Å²) in [6.45, 7) is 4.72. The third-order valence-electron chi connectivity index (χ3n) is 3.28. The van der Waals surface area contributed by atoms with Crippen molar-refractivity contribution in [2.45, 2.75) is 33.2 Å². The van der Waals surface area contributed by atoms with Crippen LogP contribution in [0, 0.1) is 5.92 Å². The van der Waals surface area contributed by atoms with Crippen molar-refractivity contribution in [3.05, 3.63) is 29.8 Å². The van der Waals surface area contributed by atoms with E-state index in [9.17, 15) is 19.2 Å². The van der Waals surface area contributed by atoms with Crippen molar-refractivity contribution in [2.75, 3.05) is 6.61 Å². The number of hydrogen-bond acceptors (Lipinski definition) is 6. The van der Waals surface area contributed by atoms with Crippen LogP contribution >= 0.6 is 0 Å². The summed E-state index contributed by atoms with van der Waals surface area (Å²) in [7, 11) is 0. The third kappa shape index (κ3) is 6.62. The Kier molecular flexibility index (Phi) is 7.58. The predicted molar refractivity (Wildman–Crippen MR) is 88.6 cm³/mol. The molecule has 2 amide bonds. The van der Waals surface area contributed by atoms with Gasteiger partial charge in [0.1, 0.15) is 11.8 Å². The van der Waals surface area contributed by atoms with Crippen LogP contribution in [0.15, 0.2) is 24.3 Å². The maximum atomic E-state index is 12.3. The Balaban J connectivity index is 2.81. The Morgan fingerprint density at radius 1 is 1.24 bits per heavy atom. The third-order valence-corrected chi connectivity index (χ3v) is 3.28. The SMILES string of the molecule is CCOC(=O)[C@@H](C)C[C@@H](NC(=O)c1cccc(OC(C)=O)c1)C(N)=O. The van der Waals surface area contributed by atoms with E-state index in [1.807, 2.05) is 0 Å². The molecule has 8 heteroatoms. The zero-order chi connectivity index (χ0) is 19.0. The molecule has 136 valence electrons. The molecule has 0 saturated heterocycles. The van der Waals surface area contributed by atoms with Crippen LogP contribution < -0.4 is 15.8 Å². The van der Waals surface area contributed by atoms with Gasteiger partial charge >= 0.3 is 11.9 Å². The Labute approximate surface area is 145 Å². The molecule has 2 atom stereocenters. The Bertz CT molecular complexity index is 658. The Hall–Kier alpha value is -2.90. The molecule has 0 fully saturated rings. The summed E-state index contributed by atoms with van der Waals surface area (Å²) in [5.41, 5.74) is 5.49. The van der Waals surface area contributed by atoms with Gasteiger partial charge in [-0.05, 0) is 31.5 Å². The molecule has 0 spiro atoms. The van der Waals surface area contributed by atoms with Gasteiger partial charge < -0.3 is 20.5 Å². The predicted octanol–water partition coefficient (Wildman–Crippen LogP) is 0.785. The molecule has 1 aromatic rings. The van der Waals surface area contributed by atoms with E-state index in [4.69, 9.17) is 15.2 Å². The van der Waals surface area contributed by atoms with E-state index in [1.165, 1.54) is 31.2 Å². The van der Waals surface area contributed by atoms with E-state index < -0.39 is 35.7 Å². The van der Waals surface area contributed by atoms with Crippen LogP contribution in [-0.4, -0.2) is 36.4 Å². The minimum Gasteiger partial charge on any atom is -0.466 e. The molecule has 0 aromatic heterocycles. The zero-order valence-electron chi connectivity index (χ0n) is 14.4. The molecule has 0 aliphatic heterocycles. The van der Waals surface area contributed by atoms with E-state index in [0.29, 0.717) is 0 Å². The monoisotopic (exact) mass is 350 g/mol. The highest BCUT2D eigenvalue weighted by molar-refractivity contribution is 5.97. The number of nitrogens with two attached hydrogens (primary N) is 1. The van der Waals surface area contributed by atoms with Crippen LogP contribution in [0.5, 0.6) is 5.75 Å². The molecule has 1 rings (SSSR count). The smallest absolute Gasteiger partial charge is 0.308 e. The lowest BCUT2D eigenvalue weighted by Gasteiger charge is -2.19. The molecule has 8 nitrogen and oxygen atoms in total. The molecule has 0 aliphatic rings. The summed E-state index contributed by atoms with van der Waals surface area (Å²) in [5, 5.41) is 2.48. The first-order valence-electron chi connectivity index (χ1n) is 7.79. The van der Waals surface area contributed by atoms with Gasteiger partial charge in [0.2, 0.25) is 5.91 Å². The van der Waals surface area contributed by atoms with Crippen molar-refractivity contribution in [1.29, 1.82) is 0 Å². The van der Waals surface area contributed by atoms with Gasteiger partial charge in [-0.3, -0.25) is 19.2 Å². The summed E-state index contributed by atoms with van der Waals surface area (Å²) < 4.78 is 9.78. The first-order chi connectivity index (χ1) is 11.7. The van der Waals surface area contributed by atoms with Crippen LogP contribution in [0.25, 0.3) is 0 Å². The maximum absolute atomic E-state index is 12.3. The molecule has 1 aromatic carbocycles. The average molecular weight is 350 g/mol. The van der Waals surface area contributed by atoms with Gasteiger partial charge in [-0.15, -0.1) is 0 Å². The number of hydrogen-bond donors (Lipinski definition) is 2. The lowest BCUT2D eigenvalue weighted by molar-refractivity contribution is -0.147. The topological polar surface area (TPSA) is 125 Å². The van der Waals surface area contributed by atoms with Gasteiger partial charge in [-0.2, -0.15) is 0 Å². The fourth-order valence-electron chi connectivity index (χ4n) is 2.09. The van der Waals surface area contributed by atoms with Gasteiger partial charge in [0, 0.05) is 12.5 Å². The number of amides is 2. The highest BCUT2D eigenvalue weighted by Crippen LogP contribution is 2.15. The van der Waals surface area contributed by atoms with Gasteiger partial charge in [-0.1, -0.05) is 13.0 Å². The molecule has 0 saturated carbocycles. The number of nitrogens with one attached hydrogen (secondary N) is 1. The molecule has 25 heavy (non-hydrogen) atoms. The zero-order valence-corrected chi connectivity index (χ0v) is 14.4. The minimum absolute atomic E-state index is 0.0174. The van der Waals surface area contributed by atoms with Crippen molar-refractivity contribution >= 4 is 23.8 Å². The van der Waals surface area contributed by atoms with Crippen LogP contribution in [-0.2, 0) is 19.1 Å². The van der Waals surface area contributed by atoms with Crippen molar-refractivity contribution in [2.24, 2.45) is 11.7 Å². The highest BCUT2D eigenvalue weighted by Gasteiger charge is 2.25. The van der Waals surface area contributed by atoms with E-state index >= 15 is 0 Å². The largest absolute Gasteiger partial charge is 0.466 e. The fraction of sp³-hybridized carbons (Fsp3) is 0.412. The van der Waals surface area contributed by atoms with Gasteiger partial charge in [-0.25, -0.2) is 0 Å². The number of benzene rings is 1. The first kappa shape index (κ1) is 20.1.